The molecular formula is C28H34O6. The van der Waals surface area contributed by atoms with Gasteiger partial charge in [0.25, 0.3) is 0 Å². The van der Waals surface area contributed by atoms with Gasteiger partial charge in [0, 0.05) is 11.8 Å². The van der Waals surface area contributed by atoms with Crippen LogP contribution in [0, 0.1) is 0 Å². The summed E-state index contributed by atoms with van der Waals surface area (Å²) in [6.07, 6.45) is 1.38. The van der Waals surface area contributed by atoms with E-state index in [-0.39, 0.29) is 49.8 Å². The molecule has 0 saturated carbocycles. The van der Waals surface area contributed by atoms with E-state index in [1.54, 1.807) is 0 Å². The molecule has 3 rings (SSSR count). The Hall–Kier alpha value is -2.90. The topological polar surface area (TPSA) is 121 Å². The Kier molecular flexibility index (Phi) is 8.69. The Bertz CT molecular complexity index is 985. The van der Waals surface area contributed by atoms with Crippen LogP contribution in [-0.2, 0) is 26.4 Å². The average Bonchev–Trinajstić information content (AvgIpc) is 2.86. The third-order valence-corrected chi connectivity index (χ3v) is 6.61. The Morgan fingerprint density at radius 1 is 0.559 bits per heavy atom. The van der Waals surface area contributed by atoms with Crippen molar-refractivity contribution in [2.24, 2.45) is 0 Å². The normalized spacial score (nSPS) is 13.1. The molecule has 3 aromatic rings. The fourth-order valence-electron chi connectivity index (χ4n) is 5.24. The summed E-state index contributed by atoms with van der Waals surface area (Å²) >= 11 is 0. The van der Waals surface area contributed by atoms with E-state index in [1.807, 2.05) is 38.1 Å². The highest BCUT2D eigenvalue weighted by Gasteiger charge is 2.27. The first-order chi connectivity index (χ1) is 16.4. The number of hydrogen-bond donors (Lipinski definition) is 6. The lowest BCUT2D eigenvalue weighted by molar-refractivity contribution is 0.270. The third kappa shape index (κ3) is 4.95. The van der Waals surface area contributed by atoms with E-state index in [1.165, 1.54) is 24.3 Å². The van der Waals surface area contributed by atoms with Crippen molar-refractivity contribution in [1.29, 1.82) is 0 Å². The Morgan fingerprint density at radius 3 is 1.09 bits per heavy atom. The monoisotopic (exact) mass is 466 g/mol. The van der Waals surface area contributed by atoms with E-state index in [4.69, 9.17) is 0 Å². The largest absolute Gasteiger partial charge is 0.508 e. The van der Waals surface area contributed by atoms with Gasteiger partial charge in [-0.25, -0.2) is 0 Å². The standard InChI is InChI=1S/C28H34O6/c1-3-23(27-17(13-29)9-21(33)10-18(27)14-30)25-7-5-6-8-26(25)24(4-2)28-19(15-31)11-22(34)12-20(28)16-32/h5-12,23-24,29-34H,3-4,13-16H2,1-2H3/t23-,24?/m1/s1. The molecule has 0 aliphatic heterocycles. The molecule has 182 valence electrons. The minimum absolute atomic E-state index is 0.00399. The maximum Gasteiger partial charge on any atom is 0.116 e. The second-order valence-corrected chi connectivity index (χ2v) is 8.54. The van der Waals surface area contributed by atoms with Gasteiger partial charge in [-0.15, -0.1) is 0 Å². The van der Waals surface area contributed by atoms with E-state index in [2.05, 4.69) is 0 Å². The van der Waals surface area contributed by atoms with Crippen LogP contribution in [0.5, 0.6) is 11.5 Å². The van der Waals surface area contributed by atoms with Gasteiger partial charge >= 0.3 is 0 Å². The summed E-state index contributed by atoms with van der Waals surface area (Å²) in [4.78, 5) is 0. The van der Waals surface area contributed by atoms with Gasteiger partial charge in [-0.1, -0.05) is 38.1 Å². The fraction of sp³-hybridized carbons (Fsp3) is 0.357. The zero-order valence-electron chi connectivity index (χ0n) is 19.7. The number of phenolic OH excluding ortho intramolecular Hbond substituents is 2. The summed E-state index contributed by atoms with van der Waals surface area (Å²) in [6.45, 7) is 3.00. The molecule has 6 nitrogen and oxygen atoms in total. The molecule has 0 aliphatic carbocycles. The average molecular weight is 467 g/mol. The van der Waals surface area contributed by atoms with Crippen molar-refractivity contribution < 1.29 is 30.6 Å². The van der Waals surface area contributed by atoms with Crippen LogP contribution >= 0.6 is 0 Å². The summed E-state index contributed by atoms with van der Waals surface area (Å²) in [6, 6.07) is 14.1. The fourth-order valence-corrected chi connectivity index (χ4v) is 5.24. The number of hydrogen-bond acceptors (Lipinski definition) is 6. The molecule has 3 aromatic carbocycles. The maximum absolute atomic E-state index is 10.1. The lowest BCUT2D eigenvalue weighted by Gasteiger charge is -2.29. The highest BCUT2D eigenvalue weighted by atomic mass is 16.3. The molecule has 0 heterocycles. The van der Waals surface area contributed by atoms with Crippen molar-refractivity contribution in [3.05, 3.63) is 93.0 Å². The van der Waals surface area contributed by atoms with Gasteiger partial charge < -0.3 is 30.6 Å². The summed E-state index contributed by atoms with van der Waals surface area (Å²) in [5.41, 5.74) is 5.86. The van der Waals surface area contributed by atoms with Crippen LogP contribution in [0.15, 0.2) is 48.5 Å². The molecule has 6 heteroatoms. The number of aliphatic hydroxyl groups is 4. The molecule has 1 unspecified atom stereocenters. The van der Waals surface area contributed by atoms with Gasteiger partial charge in [-0.2, -0.15) is 0 Å². The number of aromatic hydroxyl groups is 2. The molecule has 6 N–H and O–H groups in total. The minimum Gasteiger partial charge on any atom is -0.508 e. The molecule has 0 fully saturated rings. The number of benzene rings is 3. The molecular weight excluding hydrogens is 432 g/mol. The van der Waals surface area contributed by atoms with Gasteiger partial charge in [0.15, 0.2) is 0 Å². The van der Waals surface area contributed by atoms with Crippen molar-refractivity contribution >= 4 is 0 Å². The minimum atomic E-state index is -0.270. The van der Waals surface area contributed by atoms with E-state index < -0.39 is 0 Å². The summed E-state index contributed by atoms with van der Waals surface area (Å²) in [5.74, 6) is -0.337. The van der Waals surface area contributed by atoms with Crippen LogP contribution in [0.4, 0.5) is 0 Å². The highest BCUT2D eigenvalue weighted by Crippen LogP contribution is 2.42. The first-order valence-corrected chi connectivity index (χ1v) is 11.6. The SMILES string of the molecule is CCC(c1ccccc1[C@@H](CC)c1c(CO)cc(O)cc1CO)c1c(CO)cc(O)cc1CO. The molecule has 34 heavy (non-hydrogen) atoms. The van der Waals surface area contributed by atoms with Crippen molar-refractivity contribution in [3.63, 3.8) is 0 Å². The van der Waals surface area contributed by atoms with Gasteiger partial charge in [-0.05, 0) is 81.6 Å². The first-order valence-electron chi connectivity index (χ1n) is 11.6. The van der Waals surface area contributed by atoms with Crippen LogP contribution in [0.1, 0.15) is 83.0 Å². The Labute approximate surface area is 200 Å². The summed E-state index contributed by atoms with van der Waals surface area (Å²) in [7, 11) is 0. The van der Waals surface area contributed by atoms with E-state index in [9.17, 15) is 30.6 Å². The van der Waals surface area contributed by atoms with Crippen molar-refractivity contribution in [2.75, 3.05) is 0 Å². The summed E-state index contributed by atoms with van der Waals surface area (Å²) < 4.78 is 0. The molecule has 0 radical (unpaired) electrons. The Morgan fingerprint density at radius 2 is 0.853 bits per heavy atom. The van der Waals surface area contributed by atoms with Crippen LogP contribution in [-0.4, -0.2) is 30.6 Å². The maximum atomic E-state index is 10.1. The Balaban J connectivity index is 2.27. The quantitative estimate of drug-likeness (QED) is 0.267. The zero-order chi connectivity index (χ0) is 24.8. The van der Waals surface area contributed by atoms with Crippen LogP contribution in [0.25, 0.3) is 0 Å². The molecule has 0 saturated heterocycles. The van der Waals surface area contributed by atoms with Crippen molar-refractivity contribution in [2.45, 2.75) is 65.0 Å². The van der Waals surface area contributed by atoms with E-state index in [0.29, 0.717) is 35.1 Å². The molecule has 0 amide bonds. The van der Waals surface area contributed by atoms with Gasteiger partial charge in [0.05, 0.1) is 26.4 Å². The summed E-state index contributed by atoms with van der Waals surface area (Å²) in [5, 5.41) is 60.4. The van der Waals surface area contributed by atoms with Crippen LogP contribution < -0.4 is 0 Å². The van der Waals surface area contributed by atoms with Gasteiger partial charge in [0.1, 0.15) is 11.5 Å². The molecule has 2 atom stereocenters. The lowest BCUT2D eigenvalue weighted by atomic mass is 9.75. The molecule has 0 aromatic heterocycles. The third-order valence-electron chi connectivity index (χ3n) is 6.61. The van der Waals surface area contributed by atoms with Crippen molar-refractivity contribution in [3.8, 4) is 11.5 Å². The van der Waals surface area contributed by atoms with Gasteiger partial charge in [0.2, 0.25) is 0 Å². The van der Waals surface area contributed by atoms with Crippen molar-refractivity contribution in [1.82, 2.24) is 0 Å². The predicted molar refractivity (Wildman–Crippen MR) is 131 cm³/mol. The highest BCUT2D eigenvalue weighted by molar-refractivity contribution is 5.53. The second kappa shape index (κ2) is 11.5. The number of aliphatic hydroxyl groups excluding tert-OH is 4. The lowest BCUT2D eigenvalue weighted by Crippen LogP contribution is -2.15. The molecule has 0 spiro atoms. The second-order valence-electron chi connectivity index (χ2n) is 8.54. The van der Waals surface area contributed by atoms with Crippen LogP contribution in [0.2, 0.25) is 0 Å². The predicted octanol–water partition coefficient (Wildman–Crippen LogP) is 4.15. The first kappa shape index (κ1) is 25.7. The smallest absolute Gasteiger partial charge is 0.116 e. The van der Waals surface area contributed by atoms with E-state index >= 15 is 0 Å². The van der Waals surface area contributed by atoms with Gasteiger partial charge in [-0.3, -0.25) is 0 Å². The zero-order valence-corrected chi connectivity index (χ0v) is 19.7. The number of phenols is 2. The van der Waals surface area contributed by atoms with Crippen LogP contribution in [0.3, 0.4) is 0 Å². The molecule has 0 aliphatic rings. The van der Waals surface area contributed by atoms with E-state index in [0.717, 1.165) is 22.3 Å². The molecule has 0 bridgehead atoms. The number of rotatable bonds is 10.